The highest BCUT2D eigenvalue weighted by atomic mass is 32.2. The number of aromatic nitrogens is 1. The highest BCUT2D eigenvalue weighted by Gasteiger charge is 2.28. The average Bonchev–Trinajstić information content (AvgIpc) is 3.15. The van der Waals surface area contributed by atoms with Crippen molar-refractivity contribution in [3.05, 3.63) is 101 Å². The second-order valence-electron chi connectivity index (χ2n) is 8.95. The summed E-state index contributed by atoms with van der Waals surface area (Å²) >= 11 is 0. The Kier molecular flexibility index (Phi) is 4.66. The number of hydrogen-bond donors (Lipinski definition) is 0. The van der Waals surface area contributed by atoms with Gasteiger partial charge in [-0.2, -0.15) is 4.31 Å². The summed E-state index contributed by atoms with van der Waals surface area (Å²) in [5, 5.41) is 1.94. The highest BCUT2D eigenvalue weighted by Crippen LogP contribution is 2.39. The molecule has 0 saturated carbocycles. The van der Waals surface area contributed by atoms with Gasteiger partial charge >= 0.3 is 0 Å². The monoisotopic (exact) mass is 470 g/mol. The average molecular weight is 471 g/mol. The van der Waals surface area contributed by atoms with E-state index >= 15 is 0 Å². The van der Waals surface area contributed by atoms with Crippen molar-refractivity contribution < 1.29 is 12.8 Å². The van der Waals surface area contributed by atoms with Crippen molar-refractivity contribution in [3.63, 3.8) is 0 Å². The van der Waals surface area contributed by atoms with Gasteiger partial charge in [0.1, 0.15) is 5.82 Å². The van der Waals surface area contributed by atoms with Gasteiger partial charge in [0.25, 0.3) is 0 Å². The molecule has 0 bridgehead atoms. The van der Waals surface area contributed by atoms with Crippen LogP contribution >= 0.6 is 0 Å². The van der Waals surface area contributed by atoms with Crippen molar-refractivity contribution in [1.82, 2.24) is 8.71 Å². The zero-order chi connectivity index (χ0) is 23.6. The van der Waals surface area contributed by atoms with Crippen LogP contribution in [0.25, 0.3) is 32.9 Å². The number of benzene rings is 3. The van der Waals surface area contributed by atoms with Gasteiger partial charge in [-0.05, 0) is 72.8 Å². The molecular weight excluding hydrogens is 447 g/mol. The van der Waals surface area contributed by atoms with Gasteiger partial charge in [-0.1, -0.05) is 42.0 Å². The second-order valence-corrected chi connectivity index (χ2v) is 10.9. The van der Waals surface area contributed by atoms with Gasteiger partial charge in [0, 0.05) is 24.0 Å². The Morgan fingerprint density at radius 2 is 1.65 bits per heavy atom. The number of hydrogen-bond acceptors (Lipinski definition) is 2. The molecule has 0 spiro atoms. The van der Waals surface area contributed by atoms with Gasteiger partial charge in [-0.15, -0.1) is 0 Å². The predicted molar refractivity (Wildman–Crippen MR) is 135 cm³/mol. The lowest BCUT2D eigenvalue weighted by molar-refractivity contribution is 0.439. The fraction of sp³-hybridized carbons (Fsp3) is 0.143. The molecule has 4 nitrogen and oxygen atoms in total. The largest absolute Gasteiger partial charge is 0.308 e. The van der Waals surface area contributed by atoms with E-state index in [1.807, 2.05) is 62.4 Å². The number of allylic oxidation sites excluding steroid dienone is 1. The number of halogens is 1. The van der Waals surface area contributed by atoms with E-state index in [0.717, 1.165) is 49.6 Å². The van der Waals surface area contributed by atoms with Gasteiger partial charge in [0.15, 0.2) is 0 Å². The molecule has 3 aromatic carbocycles. The summed E-state index contributed by atoms with van der Waals surface area (Å²) in [5.41, 5.74) is 6.58. The highest BCUT2D eigenvalue weighted by molar-refractivity contribution is 7.89. The number of aryl methyl sites for hydroxylation is 1. The Morgan fingerprint density at radius 1 is 0.882 bits per heavy atom. The van der Waals surface area contributed by atoms with E-state index in [-0.39, 0.29) is 23.8 Å². The summed E-state index contributed by atoms with van der Waals surface area (Å²) in [6, 6.07) is 21.9. The molecule has 0 unspecified atom stereocenters. The van der Waals surface area contributed by atoms with Crippen LogP contribution in [0.1, 0.15) is 23.6 Å². The van der Waals surface area contributed by atoms with Gasteiger partial charge in [0.2, 0.25) is 10.0 Å². The minimum Gasteiger partial charge on any atom is -0.308 e. The number of rotatable bonds is 2. The Bertz CT molecular complexity index is 1750. The molecule has 0 fully saturated rings. The molecule has 0 saturated heterocycles. The molecule has 3 heterocycles. The second kappa shape index (κ2) is 7.52. The summed E-state index contributed by atoms with van der Waals surface area (Å²) in [7, 11) is -3.71. The zero-order valence-corrected chi connectivity index (χ0v) is 19.7. The molecule has 0 atom stereocenters. The standard InChI is InChI=1S/C28H23FN2O2S/c1-18-7-10-23(11-8-18)34(32,33)30-14-13-19(2)27-24-12-9-22(29)16-26(24)31-25-6-4-3-5-20(25)15-21(17-30)28(27)31/h3-13,15-16H,14,17H2,1-2H3/b19-13-. The Hall–Kier alpha value is -3.48. The molecule has 2 aromatic heterocycles. The molecule has 5 aromatic rings. The third-order valence-corrected chi connectivity index (χ3v) is 8.57. The normalized spacial score (nSPS) is 16.5. The number of fused-ring (bicyclic) bond motifs is 5. The van der Waals surface area contributed by atoms with Crippen LogP contribution < -0.4 is 0 Å². The fourth-order valence-electron chi connectivity index (χ4n) is 5.04. The molecule has 0 radical (unpaired) electrons. The maximum Gasteiger partial charge on any atom is 0.243 e. The summed E-state index contributed by atoms with van der Waals surface area (Å²) in [5.74, 6) is -0.298. The van der Waals surface area contributed by atoms with E-state index in [0.29, 0.717) is 0 Å². The van der Waals surface area contributed by atoms with E-state index in [2.05, 4.69) is 10.5 Å². The number of nitrogens with zero attached hydrogens (tertiary/aromatic N) is 2. The van der Waals surface area contributed by atoms with Gasteiger partial charge in [0.05, 0.1) is 21.4 Å². The predicted octanol–water partition coefficient (Wildman–Crippen LogP) is 6.30. The smallest absolute Gasteiger partial charge is 0.243 e. The van der Waals surface area contributed by atoms with Crippen LogP contribution in [-0.2, 0) is 16.6 Å². The lowest BCUT2D eigenvalue weighted by Crippen LogP contribution is -2.31. The molecule has 1 aliphatic rings. The third-order valence-electron chi connectivity index (χ3n) is 6.74. The van der Waals surface area contributed by atoms with Crippen LogP contribution in [0, 0.1) is 12.7 Å². The molecule has 170 valence electrons. The molecule has 6 rings (SSSR count). The molecule has 0 amide bonds. The van der Waals surface area contributed by atoms with Crippen LogP contribution in [0.5, 0.6) is 0 Å². The number of para-hydroxylation sites is 1. The van der Waals surface area contributed by atoms with Crippen LogP contribution in [0.4, 0.5) is 4.39 Å². The van der Waals surface area contributed by atoms with Crippen molar-refractivity contribution in [3.8, 4) is 0 Å². The first-order valence-corrected chi connectivity index (χ1v) is 12.7. The molecule has 0 aliphatic carbocycles. The van der Waals surface area contributed by atoms with E-state index in [1.54, 1.807) is 18.2 Å². The van der Waals surface area contributed by atoms with Crippen molar-refractivity contribution in [1.29, 1.82) is 0 Å². The van der Waals surface area contributed by atoms with Crippen molar-refractivity contribution in [2.24, 2.45) is 0 Å². The minimum atomic E-state index is -3.71. The Morgan fingerprint density at radius 3 is 2.44 bits per heavy atom. The fourth-order valence-corrected chi connectivity index (χ4v) is 6.40. The summed E-state index contributed by atoms with van der Waals surface area (Å²) in [4.78, 5) is 0.282. The van der Waals surface area contributed by atoms with E-state index in [4.69, 9.17) is 0 Å². The maximum atomic E-state index is 14.4. The van der Waals surface area contributed by atoms with Crippen molar-refractivity contribution in [2.75, 3.05) is 6.54 Å². The molecule has 6 heteroatoms. The van der Waals surface area contributed by atoms with E-state index < -0.39 is 10.0 Å². The van der Waals surface area contributed by atoms with Crippen LogP contribution in [0.3, 0.4) is 0 Å². The minimum absolute atomic E-state index is 0.222. The van der Waals surface area contributed by atoms with Crippen molar-refractivity contribution >= 4 is 42.9 Å². The van der Waals surface area contributed by atoms with E-state index in [1.165, 1.54) is 10.4 Å². The number of pyridine rings is 1. The topological polar surface area (TPSA) is 41.8 Å². The maximum absolute atomic E-state index is 14.4. The summed E-state index contributed by atoms with van der Waals surface area (Å²) in [6.45, 7) is 4.42. The first kappa shape index (κ1) is 21.1. The Balaban J connectivity index is 1.67. The Labute approximate surface area is 197 Å². The molecule has 1 aliphatic heterocycles. The van der Waals surface area contributed by atoms with E-state index in [9.17, 15) is 12.8 Å². The van der Waals surface area contributed by atoms with Gasteiger partial charge < -0.3 is 4.40 Å². The zero-order valence-electron chi connectivity index (χ0n) is 18.9. The van der Waals surface area contributed by atoms with Gasteiger partial charge in [-0.25, -0.2) is 12.8 Å². The lowest BCUT2D eigenvalue weighted by Gasteiger charge is -2.24. The van der Waals surface area contributed by atoms with Crippen LogP contribution in [0.2, 0.25) is 0 Å². The molecular formula is C28H23FN2O2S. The first-order chi connectivity index (χ1) is 16.3. The SMILES string of the molecule is C/C1=C/CN(S(=O)(=O)c2ccc(C)cc2)Cc2cc3ccccc3n3c2c1c1ccc(F)cc13. The van der Waals surface area contributed by atoms with Crippen LogP contribution in [0.15, 0.2) is 83.8 Å². The van der Waals surface area contributed by atoms with Crippen molar-refractivity contribution in [2.45, 2.75) is 25.3 Å². The molecule has 0 N–H and O–H groups in total. The van der Waals surface area contributed by atoms with Crippen LogP contribution in [-0.4, -0.2) is 23.7 Å². The molecule has 34 heavy (non-hydrogen) atoms. The lowest BCUT2D eigenvalue weighted by atomic mass is 9.99. The first-order valence-electron chi connectivity index (χ1n) is 11.2. The van der Waals surface area contributed by atoms with Gasteiger partial charge in [-0.3, -0.25) is 0 Å². The quantitative estimate of drug-likeness (QED) is 0.304. The summed E-state index contributed by atoms with van der Waals surface area (Å²) < 4.78 is 45.2. The third kappa shape index (κ3) is 3.10. The number of sulfonamides is 1. The summed E-state index contributed by atoms with van der Waals surface area (Å²) in [6.07, 6.45) is 1.96.